The Balaban J connectivity index is 1.40. The molecule has 0 N–H and O–H groups in total. The number of aromatic nitrogens is 2. The highest BCUT2D eigenvalue weighted by atomic mass is 16.5. The van der Waals surface area contributed by atoms with E-state index in [4.69, 9.17) is 4.52 Å². The summed E-state index contributed by atoms with van der Waals surface area (Å²) in [5.41, 5.74) is 0. The number of likely N-dealkylation sites (tertiary alicyclic amines) is 1. The first-order chi connectivity index (χ1) is 11.7. The minimum Gasteiger partial charge on any atom is -0.339 e. The third kappa shape index (κ3) is 3.38. The van der Waals surface area contributed by atoms with Gasteiger partial charge in [-0.25, -0.2) is 0 Å². The molecule has 130 valence electrons. The molecule has 2 heterocycles. The maximum Gasteiger partial charge on any atom is 0.229 e. The van der Waals surface area contributed by atoms with Crippen molar-refractivity contribution in [2.24, 2.45) is 0 Å². The smallest absolute Gasteiger partial charge is 0.229 e. The zero-order valence-corrected chi connectivity index (χ0v) is 14.4. The monoisotopic (exact) mass is 330 g/mol. The molecule has 3 aliphatic rings. The lowest BCUT2D eigenvalue weighted by Gasteiger charge is -2.30. The van der Waals surface area contributed by atoms with Gasteiger partial charge in [0.2, 0.25) is 11.8 Å². The largest absolute Gasteiger partial charge is 0.339 e. The molecule has 0 unspecified atom stereocenters. The van der Waals surface area contributed by atoms with Crippen LogP contribution < -0.4 is 0 Å². The molecule has 6 nitrogen and oxygen atoms in total. The molecule has 1 saturated carbocycles. The molecule has 0 aromatic carbocycles. The van der Waals surface area contributed by atoms with Crippen LogP contribution in [0.25, 0.3) is 0 Å². The van der Waals surface area contributed by atoms with E-state index in [-0.39, 0.29) is 11.9 Å². The van der Waals surface area contributed by atoms with Crippen molar-refractivity contribution in [3.63, 3.8) is 0 Å². The van der Waals surface area contributed by atoms with E-state index in [2.05, 4.69) is 27.2 Å². The lowest BCUT2D eigenvalue weighted by molar-refractivity contribution is -0.131. The number of hydrogen-bond acceptors (Lipinski definition) is 5. The van der Waals surface area contributed by atoms with Crippen LogP contribution >= 0.6 is 0 Å². The van der Waals surface area contributed by atoms with E-state index in [1.54, 1.807) is 6.92 Å². The molecule has 4 rings (SSSR count). The number of carbonyl (C=O) groups is 1. The first-order valence-corrected chi connectivity index (χ1v) is 9.21. The summed E-state index contributed by atoms with van der Waals surface area (Å²) in [6.45, 7) is 4.11. The maximum atomic E-state index is 12.2. The molecule has 1 aromatic rings. The lowest BCUT2D eigenvalue weighted by Crippen LogP contribution is -2.42. The molecule has 2 fully saturated rings. The Morgan fingerprint density at radius 2 is 2.25 bits per heavy atom. The molecule has 6 heteroatoms. The summed E-state index contributed by atoms with van der Waals surface area (Å²) in [5, 5.41) is 4.08. The van der Waals surface area contributed by atoms with E-state index in [0.29, 0.717) is 24.3 Å². The van der Waals surface area contributed by atoms with Gasteiger partial charge in [-0.3, -0.25) is 9.69 Å². The van der Waals surface area contributed by atoms with Gasteiger partial charge in [0.05, 0.1) is 6.54 Å². The SMILES string of the molecule is CC(=O)N(Cc1noc(C2CC2)n1)[C@H]1CCN([C@H]2C=CCCC2)C1. The summed E-state index contributed by atoms with van der Waals surface area (Å²) in [4.78, 5) is 21.1. The number of nitrogens with zero attached hydrogens (tertiary/aromatic N) is 4. The minimum absolute atomic E-state index is 0.0961. The number of hydrogen-bond donors (Lipinski definition) is 0. The van der Waals surface area contributed by atoms with Gasteiger partial charge in [-0.05, 0) is 38.5 Å². The van der Waals surface area contributed by atoms with E-state index < -0.39 is 0 Å². The molecule has 24 heavy (non-hydrogen) atoms. The minimum atomic E-state index is 0.0961. The second-order valence-corrected chi connectivity index (χ2v) is 7.33. The van der Waals surface area contributed by atoms with E-state index in [0.717, 1.165) is 38.2 Å². The van der Waals surface area contributed by atoms with Gasteiger partial charge in [-0.1, -0.05) is 17.3 Å². The van der Waals surface area contributed by atoms with Crippen LogP contribution in [0.2, 0.25) is 0 Å². The highest BCUT2D eigenvalue weighted by molar-refractivity contribution is 5.73. The number of rotatable bonds is 5. The predicted octanol–water partition coefficient (Wildman–Crippen LogP) is 2.48. The van der Waals surface area contributed by atoms with Crippen LogP contribution in [0, 0.1) is 0 Å². The van der Waals surface area contributed by atoms with Crippen molar-refractivity contribution in [3.05, 3.63) is 23.9 Å². The van der Waals surface area contributed by atoms with Crippen molar-refractivity contribution in [1.82, 2.24) is 19.9 Å². The highest BCUT2D eigenvalue weighted by Gasteiger charge is 2.34. The van der Waals surface area contributed by atoms with E-state index in [1.807, 2.05) is 4.90 Å². The van der Waals surface area contributed by atoms with Gasteiger partial charge in [0.25, 0.3) is 0 Å². The van der Waals surface area contributed by atoms with Crippen LogP contribution in [0.5, 0.6) is 0 Å². The molecule has 2 atom stereocenters. The number of amides is 1. The van der Waals surface area contributed by atoms with Gasteiger partial charge in [0.15, 0.2) is 5.82 Å². The second-order valence-electron chi connectivity index (χ2n) is 7.33. The Hall–Kier alpha value is -1.69. The van der Waals surface area contributed by atoms with Crippen molar-refractivity contribution in [3.8, 4) is 0 Å². The summed E-state index contributed by atoms with van der Waals surface area (Å²) < 4.78 is 5.33. The topological polar surface area (TPSA) is 62.5 Å². The van der Waals surface area contributed by atoms with Crippen molar-refractivity contribution in [1.29, 1.82) is 0 Å². The van der Waals surface area contributed by atoms with Crippen molar-refractivity contribution < 1.29 is 9.32 Å². The van der Waals surface area contributed by atoms with Crippen LogP contribution in [0.4, 0.5) is 0 Å². The Morgan fingerprint density at radius 1 is 1.38 bits per heavy atom. The Kier molecular flexibility index (Phi) is 4.39. The Morgan fingerprint density at radius 3 is 2.96 bits per heavy atom. The quantitative estimate of drug-likeness (QED) is 0.776. The average Bonchev–Trinajstić information content (AvgIpc) is 3.15. The average molecular weight is 330 g/mol. The van der Waals surface area contributed by atoms with Crippen LogP contribution in [0.3, 0.4) is 0 Å². The van der Waals surface area contributed by atoms with Crippen molar-refractivity contribution >= 4 is 5.91 Å². The maximum absolute atomic E-state index is 12.2. The van der Waals surface area contributed by atoms with Crippen molar-refractivity contribution in [2.75, 3.05) is 13.1 Å². The van der Waals surface area contributed by atoms with Crippen LogP contribution in [-0.4, -0.2) is 51.0 Å². The van der Waals surface area contributed by atoms with E-state index >= 15 is 0 Å². The molecule has 0 spiro atoms. The normalized spacial score (nSPS) is 27.5. The number of allylic oxidation sites excluding steroid dienone is 1. The van der Waals surface area contributed by atoms with Gasteiger partial charge in [0.1, 0.15) is 0 Å². The third-order valence-electron chi connectivity index (χ3n) is 5.46. The van der Waals surface area contributed by atoms with Crippen LogP contribution in [-0.2, 0) is 11.3 Å². The summed E-state index contributed by atoms with van der Waals surface area (Å²) in [6.07, 6.45) is 11.7. The molecule has 0 bridgehead atoms. The van der Waals surface area contributed by atoms with Crippen LogP contribution in [0.15, 0.2) is 16.7 Å². The van der Waals surface area contributed by atoms with Gasteiger partial charge >= 0.3 is 0 Å². The standard InChI is InChI=1S/C18H26N4O2/c1-13(23)22(12-17-19-18(24-20-17)14-7-8-14)16-9-10-21(11-16)15-5-3-2-4-6-15/h3,5,14-16H,2,4,6-12H2,1H3/t15-,16-/m0/s1. The van der Waals surface area contributed by atoms with E-state index in [9.17, 15) is 4.79 Å². The summed E-state index contributed by atoms with van der Waals surface area (Å²) >= 11 is 0. The molecule has 1 saturated heterocycles. The lowest BCUT2D eigenvalue weighted by atomic mass is 10.0. The zero-order valence-electron chi connectivity index (χ0n) is 14.4. The summed E-state index contributed by atoms with van der Waals surface area (Å²) in [6, 6.07) is 0.796. The summed E-state index contributed by atoms with van der Waals surface area (Å²) in [5.74, 6) is 1.94. The van der Waals surface area contributed by atoms with Gasteiger partial charge in [-0.2, -0.15) is 4.98 Å². The predicted molar refractivity (Wildman–Crippen MR) is 89.3 cm³/mol. The molecular formula is C18H26N4O2. The Labute approximate surface area is 142 Å². The fraction of sp³-hybridized carbons (Fsp3) is 0.722. The van der Waals surface area contributed by atoms with Crippen LogP contribution in [0.1, 0.15) is 63.1 Å². The molecule has 1 aromatic heterocycles. The Bertz CT molecular complexity index is 622. The molecule has 1 aliphatic heterocycles. The summed E-state index contributed by atoms with van der Waals surface area (Å²) in [7, 11) is 0. The van der Waals surface area contributed by atoms with Crippen molar-refractivity contribution in [2.45, 2.75) is 70.0 Å². The zero-order chi connectivity index (χ0) is 16.5. The third-order valence-corrected chi connectivity index (χ3v) is 5.46. The highest BCUT2D eigenvalue weighted by Crippen LogP contribution is 2.38. The molecule has 2 aliphatic carbocycles. The molecular weight excluding hydrogens is 304 g/mol. The molecule has 1 amide bonds. The first-order valence-electron chi connectivity index (χ1n) is 9.21. The fourth-order valence-electron chi connectivity index (χ4n) is 3.90. The fourth-order valence-corrected chi connectivity index (χ4v) is 3.90. The first kappa shape index (κ1) is 15.8. The van der Waals surface area contributed by atoms with Gasteiger partial charge in [-0.15, -0.1) is 0 Å². The van der Waals surface area contributed by atoms with E-state index in [1.165, 1.54) is 19.3 Å². The number of carbonyl (C=O) groups excluding carboxylic acids is 1. The van der Waals surface area contributed by atoms with Gasteiger partial charge < -0.3 is 9.42 Å². The molecule has 0 radical (unpaired) electrons. The van der Waals surface area contributed by atoms with Gasteiger partial charge in [0, 0.05) is 38.0 Å². The second kappa shape index (κ2) is 6.67.